The molecular weight excluding hydrogens is 204 g/mol. The van der Waals surface area contributed by atoms with E-state index in [2.05, 4.69) is 9.97 Å². The Kier molecular flexibility index (Phi) is 3.12. The molecule has 16 heavy (non-hydrogen) atoms. The van der Waals surface area contributed by atoms with Crippen molar-refractivity contribution in [3.8, 4) is 16.9 Å². The lowest BCUT2D eigenvalue weighted by Crippen LogP contribution is -1.96. The summed E-state index contributed by atoms with van der Waals surface area (Å²) < 4.78 is 5.16. The first-order valence-electron chi connectivity index (χ1n) is 4.89. The standard InChI is InChI=1S/C12H12N2O2/c1-16-12-7-14-6-10(11(12)8-15)9-3-2-4-13-5-9/h2-7,15H,8H2,1H3. The van der Waals surface area contributed by atoms with Crippen molar-refractivity contribution in [1.29, 1.82) is 0 Å². The molecule has 0 aromatic carbocycles. The van der Waals surface area contributed by atoms with E-state index >= 15 is 0 Å². The molecule has 0 amide bonds. The first-order valence-corrected chi connectivity index (χ1v) is 4.89. The molecule has 0 aliphatic carbocycles. The Morgan fingerprint density at radius 2 is 2.12 bits per heavy atom. The van der Waals surface area contributed by atoms with E-state index in [0.717, 1.165) is 16.7 Å². The predicted octanol–water partition coefficient (Wildman–Crippen LogP) is 1.64. The Morgan fingerprint density at radius 1 is 1.25 bits per heavy atom. The van der Waals surface area contributed by atoms with Crippen LogP contribution in [-0.2, 0) is 6.61 Å². The number of aromatic nitrogens is 2. The third-order valence-electron chi connectivity index (χ3n) is 2.37. The molecule has 0 bridgehead atoms. The van der Waals surface area contributed by atoms with Gasteiger partial charge in [0.15, 0.2) is 0 Å². The monoisotopic (exact) mass is 216 g/mol. The highest BCUT2D eigenvalue weighted by Crippen LogP contribution is 2.28. The van der Waals surface area contributed by atoms with Crippen molar-refractivity contribution in [3.05, 3.63) is 42.5 Å². The number of hydrogen-bond donors (Lipinski definition) is 1. The molecule has 2 rings (SSSR count). The van der Waals surface area contributed by atoms with Gasteiger partial charge in [-0.15, -0.1) is 0 Å². The molecule has 4 heteroatoms. The lowest BCUT2D eigenvalue weighted by Gasteiger charge is -2.10. The summed E-state index contributed by atoms with van der Waals surface area (Å²) in [4.78, 5) is 8.12. The smallest absolute Gasteiger partial charge is 0.143 e. The number of aliphatic hydroxyl groups is 1. The lowest BCUT2D eigenvalue weighted by atomic mass is 10.0. The van der Waals surface area contributed by atoms with Gasteiger partial charge in [0.25, 0.3) is 0 Å². The van der Waals surface area contributed by atoms with Crippen LogP contribution in [0.25, 0.3) is 11.1 Å². The molecule has 4 nitrogen and oxygen atoms in total. The quantitative estimate of drug-likeness (QED) is 0.847. The van der Waals surface area contributed by atoms with E-state index in [9.17, 15) is 5.11 Å². The van der Waals surface area contributed by atoms with Gasteiger partial charge in [0.1, 0.15) is 5.75 Å². The fourth-order valence-corrected chi connectivity index (χ4v) is 1.58. The van der Waals surface area contributed by atoms with Gasteiger partial charge in [-0.05, 0) is 6.07 Å². The molecular formula is C12H12N2O2. The van der Waals surface area contributed by atoms with E-state index in [1.165, 1.54) is 0 Å². The maximum Gasteiger partial charge on any atom is 0.143 e. The van der Waals surface area contributed by atoms with Crippen LogP contribution in [0.3, 0.4) is 0 Å². The minimum absolute atomic E-state index is 0.0874. The zero-order chi connectivity index (χ0) is 11.4. The molecule has 0 saturated carbocycles. The number of rotatable bonds is 3. The fourth-order valence-electron chi connectivity index (χ4n) is 1.58. The fraction of sp³-hybridized carbons (Fsp3) is 0.167. The third kappa shape index (κ3) is 1.87. The third-order valence-corrected chi connectivity index (χ3v) is 2.37. The van der Waals surface area contributed by atoms with Gasteiger partial charge in [-0.25, -0.2) is 0 Å². The summed E-state index contributed by atoms with van der Waals surface area (Å²) in [7, 11) is 1.56. The van der Waals surface area contributed by atoms with Crippen LogP contribution in [0.15, 0.2) is 36.9 Å². The van der Waals surface area contributed by atoms with Crippen LogP contribution in [-0.4, -0.2) is 22.2 Å². The van der Waals surface area contributed by atoms with E-state index in [4.69, 9.17) is 4.74 Å². The normalized spacial score (nSPS) is 10.1. The van der Waals surface area contributed by atoms with Gasteiger partial charge in [0, 0.05) is 35.3 Å². The molecule has 2 aromatic heterocycles. The van der Waals surface area contributed by atoms with E-state index in [0.29, 0.717) is 5.75 Å². The molecule has 0 aliphatic heterocycles. The van der Waals surface area contributed by atoms with Crippen molar-refractivity contribution in [2.45, 2.75) is 6.61 Å². The average molecular weight is 216 g/mol. The van der Waals surface area contributed by atoms with Crippen LogP contribution in [0.5, 0.6) is 5.75 Å². The number of hydrogen-bond acceptors (Lipinski definition) is 4. The van der Waals surface area contributed by atoms with Crippen LogP contribution >= 0.6 is 0 Å². The second-order valence-electron chi connectivity index (χ2n) is 3.27. The minimum atomic E-state index is -0.0874. The summed E-state index contributed by atoms with van der Waals surface area (Å²) in [6.45, 7) is -0.0874. The Labute approximate surface area is 93.6 Å². The zero-order valence-electron chi connectivity index (χ0n) is 8.92. The highest BCUT2D eigenvalue weighted by atomic mass is 16.5. The Hall–Kier alpha value is -1.94. The van der Waals surface area contributed by atoms with Gasteiger partial charge < -0.3 is 9.84 Å². The zero-order valence-corrected chi connectivity index (χ0v) is 8.92. The van der Waals surface area contributed by atoms with E-state index in [1.54, 1.807) is 31.9 Å². The molecule has 0 fully saturated rings. The molecule has 0 aliphatic rings. The maximum absolute atomic E-state index is 9.36. The maximum atomic E-state index is 9.36. The Bertz CT molecular complexity index is 472. The summed E-state index contributed by atoms with van der Waals surface area (Å²) >= 11 is 0. The van der Waals surface area contributed by atoms with Crippen molar-refractivity contribution in [2.75, 3.05) is 7.11 Å². The van der Waals surface area contributed by atoms with Crippen molar-refractivity contribution in [3.63, 3.8) is 0 Å². The number of aliphatic hydroxyl groups excluding tert-OH is 1. The summed E-state index contributed by atoms with van der Waals surface area (Å²) in [6.07, 6.45) is 6.72. The second kappa shape index (κ2) is 4.72. The topological polar surface area (TPSA) is 55.2 Å². The first kappa shape index (κ1) is 10.6. The van der Waals surface area contributed by atoms with Crippen LogP contribution < -0.4 is 4.74 Å². The van der Waals surface area contributed by atoms with Crippen molar-refractivity contribution in [2.24, 2.45) is 0 Å². The number of ether oxygens (including phenoxy) is 1. The van der Waals surface area contributed by atoms with Gasteiger partial charge in [-0.1, -0.05) is 6.07 Å². The van der Waals surface area contributed by atoms with Gasteiger partial charge in [0.2, 0.25) is 0 Å². The molecule has 0 radical (unpaired) electrons. The van der Waals surface area contributed by atoms with E-state index in [1.807, 2.05) is 12.1 Å². The van der Waals surface area contributed by atoms with Gasteiger partial charge in [-0.2, -0.15) is 0 Å². The molecule has 1 N–H and O–H groups in total. The molecule has 2 heterocycles. The van der Waals surface area contributed by atoms with Gasteiger partial charge in [-0.3, -0.25) is 9.97 Å². The van der Waals surface area contributed by atoms with E-state index < -0.39 is 0 Å². The molecule has 2 aromatic rings. The molecule has 0 atom stereocenters. The number of pyridine rings is 2. The summed E-state index contributed by atoms with van der Waals surface area (Å²) in [5.74, 6) is 0.587. The predicted molar refractivity (Wildman–Crippen MR) is 59.9 cm³/mol. The summed E-state index contributed by atoms with van der Waals surface area (Å²) in [5.41, 5.74) is 2.48. The van der Waals surface area contributed by atoms with Crippen molar-refractivity contribution >= 4 is 0 Å². The Balaban J connectivity index is 2.57. The van der Waals surface area contributed by atoms with Gasteiger partial charge >= 0.3 is 0 Å². The molecule has 0 saturated heterocycles. The van der Waals surface area contributed by atoms with E-state index in [-0.39, 0.29) is 6.61 Å². The van der Waals surface area contributed by atoms with Crippen LogP contribution in [0, 0.1) is 0 Å². The SMILES string of the molecule is COc1cncc(-c2cccnc2)c1CO. The molecule has 0 unspecified atom stereocenters. The second-order valence-corrected chi connectivity index (χ2v) is 3.27. The lowest BCUT2D eigenvalue weighted by molar-refractivity contribution is 0.274. The largest absolute Gasteiger partial charge is 0.495 e. The minimum Gasteiger partial charge on any atom is -0.495 e. The summed E-state index contributed by atoms with van der Waals surface area (Å²) in [6, 6.07) is 3.76. The highest BCUT2D eigenvalue weighted by molar-refractivity contribution is 5.67. The van der Waals surface area contributed by atoms with Gasteiger partial charge in [0.05, 0.1) is 19.9 Å². The van der Waals surface area contributed by atoms with Crippen molar-refractivity contribution < 1.29 is 9.84 Å². The number of methoxy groups -OCH3 is 1. The highest BCUT2D eigenvalue weighted by Gasteiger charge is 2.10. The average Bonchev–Trinajstić information content (AvgIpc) is 2.38. The molecule has 0 spiro atoms. The number of nitrogens with zero attached hydrogens (tertiary/aromatic N) is 2. The van der Waals surface area contributed by atoms with Crippen molar-refractivity contribution in [1.82, 2.24) is 9.97 Å². The summed E-state index contributed by atoms with van der Waals surface area (Å²) in [5, 5.41) is 9.36. The molecule has 82 valence electrons. The van der Waals surface area contributed by atoms with Crippen LogP contribution in [0.2, 0.25) is 0 Å². The van der Waals surface area contributed by atoms with Crippen LogP contribution in [0.4, 0.5) is 0 Å². The first-order chi connectivity index (χ1) is 7.86. The van der Waals surface area contributed by atoms with Crippen LogP contribution in [0.1, 0.15) is 5.56 Å². The Morgan fingerprint density at radius 3 is 2.75 bits per heavy atom.